The van der Waals surface area contributed by atoms with Crippen LogP contribution in [0.25, 0.3) is 11.3 Å². The van der Waals surface area contributed by atoms with Gasteiger partial charge < -0.3 is 14.6 Å². The smallest absolute Gasteiger partial charge is 0.269 e. The van der Waals surface area contributed by atoms with Gasteiger partial charge in [-0.2, -0.15) is 0 Å². The third kappa shape index (κ3) is 5.44. The van der Waals surface area contributed by atoms with E-state index >= 15 is 0 Å². The number of non-ortho nitro benzene ring substituents is 1. The summed E-state index contributed by atoms with van der Waals surface area (Å²) in [6.45, 7) is 1.98. The molecule has 1 aliphatic heterocycles. The number of hydrogen-bond donors (Lipinski definition) is 1. The van der Waals surface area contributed by atoms with Crippen molar-refractivity contribution < 1.29 is 9.34 Å². The first-order chi connectivity index (χ1) is 19.9. The van der Waals surface area contributed by atoms with Gasteiger partial charge in [0.25, 0.3) is 5.69 Å². The van der Waals surface area contributed by atoms with Crippen LogP contribution in [0.15, 0.2) is 117 Å². The fraction of sp³-hybridized carbons (Fsp3) is 0.0968. The molecule has 1 N–H and O–H groups in total. The minimum atomic E-state index is -0.400. The predicted molar refractivity (Wildman–Crippen MR) is 165 cm³/mol. The molecule has 3 heterocycles. The molecule has 0 unspecified atom stereocenters. The SMILES string of the molecule is Cc1c(Cl)cccc1-c1ccc([C@@H]2[C@H](c3ccccn3)NC(=S)N2c2ccc(Sc3ccc([N+](=O)[O-])cc3)cc2)o1. The van der Waals surface area contributed by atoms with Crippen molar-refractivity contribution >= 4 is 52.1 Å². The van der Waals surface area contributed by atoms with Crippen LogP contribution in [0.2, 0.25) is 5.02 Å². The number of rotatable bonds is 7. The average Bonchev–Trinajstić information content (AvgIpc) is 3.60. The molecule has 2 aromatic heterocycles. The highest BCUT2D eigenvalue weighted by Crippen LogP contribution is 2.44. The van der Waals surface area contributed by atoms with Crippen LogP contribution < -0.4 is 10.2 Å². The van der Waals surface area contributed by atoms with Gasteiger partial charge in [0, 0.05) is 44.4 Å². The van der Waals surface area contributed by atoms with E-state index in [-0.39, 0.29) is 17.8 Å². The second kappa shape index (κ2) is 11.4. The van der Waals surface area contributed by atoms with Crippen LogP contribution in [-0.2, 0) is 0 Å². The van der Waals surface area contributed by atoms with E-state index in [0.29, 0.717) is 10.1 Å². The quantitative estimate of drug-likeness (QED) is 0.113. The number of furan rings is 1. The zero-order chi connectivity index (χ0) is 28.5. The highest BCUT2D eigenvalue weighted by Gasteiger charge is 2.42. The Hall–Kier alpha value is -4.18. The van der Waals surface area contributed by atoms with E-state index in [0.717, 1.165) is 43.8 Å². The van der Waals surface area contributed by atoms with E-state index in [1.807, 2.05) is 79.7 Å². The van der Waals surface area contributed by atoms with Crippen LogP contribution in [-0.4, -0.2) is 15.0 Å². The molecule has 10 heteroatoms. The van der Waals surface area contributed by atoms with Crippen LogP contribution in [0, 0.1) is 17.0 Å². The Morgan fingerprint density at radius 3 is 2.39 bits per heavy atom. The lowest BCUT2D eigenvalue weighted by Crippen LogP contribution is -2.29. The fourth-order valence-electron chi connectivity index (χ4n) is 4.90. The first-order valence-corrected chi connectivity index (χ1v) is 14.4. The van der Waals surface area contributed by atoms with E-state index in [2.05, 4.69) is 15.2 Å². The molecule has 0 radical (unpaired) electrons. The summed E-state index contributed by atoms with van der Waals surface area (Å²) >= 11 is 13.8. The molecular weight excluding hydrogens is 576 g/mol. The lowest BCUT2D eigenvalue weighted by atomic mass is 10.0. The van der Waals surface area contributed by atoms with Crippen molar-refractivity contribution in [2.75, 3.05) is 4.90 Å². The number of benzene rings is 3. The molecule has 0 amide bonds. The molecule has 0 aliphatic carbocycles. The molecule has 1 saturated heterocycles. The van der Waals surface area contributed by atoms with Gasteiger partial charge in [-0.05, 0) is 91.4 Å². The van der Waals surface area contributed by atoms with Crippen LogP contribution in [0.3, 0.4) is 0 Å². The van der Waals surface area contributed by atoms with Crippen molar-refractivity contribution in [1.82, 2.24) is 10.3 Å². The standard InChI is InChI=1S/C31H23ClN4O3S2/c1-19-24(5-4-6-25(19)32)27-16-17-28(39-27)30-29(26-7-2-3-18-33-26)34-31(40)35(30)20-8-12-22(13-9-20)41-23-14-10-21(11-15-23)36(37)38/h2-18,29-30H,1H3,(H,34,40)/t29-,30+/m0/s1. The number of halogens is 1. The van der Waals surface area contributed by atoms with Crippen molar-refractivity contribution in [2.24, 2.45) is 0 Å². The Balaban J connectivity index is 1.33. The Bertz CT molecular complexity index is 1730. The molecule has 5 aromatic rings. The number of nitro benzene ring substituents is 1. The Morgan fingerprint density at radius 1 is 0.976 bits per heavy atom. The topological polar surface area (TPSA) is 84.4 Å². The van der Waals surface area contributed by atoms with Gasteiger partial charge in [-0.25, -0.2) is 0 Å². The third-order valence-electron chi connectivity index (χ3n) is 6.95. The van der Waals surface area contributed by atoms with Crippen molar-refractivity contribution in [3.8, 4) is 11.3 Å². The maximum Gasteiger partial charge on any atom is 0.269 e. The van der Waals surface area contributed by atoms with E-state index in [1.165, 1.54) is 23.9 Å². The second-order valence-corrected chi connectivity index (χ2v) is 11.4. The molecule has 1 fully saturated rings. The Morgan fingerprint density at radius 2 is 1.71 bits per heavy atom. The van der Waals surface area contributed by atoms with Crippen LogP contribution in [0.4, 0.5) is 11.4 Å². The first kappa shape index (κ1) is 27.0. The number of thiocarbonyl (C=S) groups is 1. The van der Waals surface area contributed by atoms with Crippen LogP contribution in [0.5, 0.6) is 0 Å². The largest absolute Gasteiger partial charge is 0.459 e. The van der Waals surface area contributed by atoms with Crippen molar-refractivity contribution in [3.63, 3.8) is 0 Å². The molecule has 6 rings (SSSR count). The molecule has 3 aromatic carbocycles. The summed E-state index contributed by atoms with van der Waals surface area (Å²) in [6.07, 6.45) is 1.77. The summed E-state index contributed by atoms with van der Waals surface area (Å²) in [5, 5.41) is 15.7. The van der Waals surface area contributed by atoms with E-state index < -0.39 is 4.92 Å². The van der Waals surface area contributed by atoms with Crippen molar-refractivity contribution in [1.29, 1.82) is 0 Å². The lowest BCUT2D eigenvalue weighted by molar-refractivity contribution is -0.384. The molecule has 0 saturated carbocycles. The van der Waals surface area contributed by atoms with Crippen LogP contribution in [0.1, 0.15) is 29.1 Å². The summed E-state index contributed by atoms with van der Waals surface area (Å²) in [4.78, 5) is 19.1. The first-order valence-electron chi connectivity index (χ1n) is 12.8. The van der Waals surface area contributed by atoms with Gasteiger partial charge in [-0.15, -0.1) is 0 Å². The number of aromatic nitrogens is 1. The van der Waals surface area contributed by atoms with Crippen LogP contribution >= 0.6 is 35.6 Å². The van der Waals surface area contributed by atoms with Gasteiger partial charge in [0.05, 0.1) is 16.7 Å². The van der Waals surface area contributed by atoms with E-state index in [4.69, 9.17) is 28.2 Å². The molecule has 0 spiro atoms. The highest BCUT2D eigenvalue weighted by atomic mass is 35.5. The minimum Gasteiger partial charge on any atom is -0.459 e. The van der Waals surface area contributed by atoms with E-state index in [9.17, 15) is 10.1 Å². The van der Waals surface area contributed by atoms with Crippen molar-refractivity contribution in [2.45, 2.75) is 28.8 Å². The summed E-state index contributed by atoms with van der Waals surface area (Å²) in [6, 6.07) is 29.6. The van der Waals surface area contributed by atoms with Gasteiger partial charge in [0.15, 0.2) is 5.11 Å². The van der Waals surface area contributed by atoms with Gasteiger partial charge in [0.2, 0.25) is 0 Å². The minimum absolute atomic E-state index is 0.0693. The zero-order valence-electron chi connectivity index (χ0n) is 21.7. The third-order valence-corrected chi connectivity index (χ3v) is 8.69. The molecule has 2 atom stereocenters. The number of nitrogens with one attached hydrogen (secondary N) is 1. The monoisotopic (exact) mass is 598 g/mol. The number of nitrogens with zero attached hydrogens (tertiary/aromatic N) is 3. The van der Waals surface area contributed by atoms with E-state index in [1.54, 1.807) is 18.3 Å². The second-order valence-electron chi connectivity index (χ2n) is 9.46. The Labute approximate surface area is 251 Å². The normalized spacial score (nSPS) is 16.5. The lowest BCUT2D eigenvalue weighted by Gasteiger charge is -2.26. The Kier molecular flexibility index (Phi) is 7.49. The number of pyridine rings is 1. The molecule has 0 bridgehead atoms. The van der Waals surface area contributed by atoms with Gasteiger partial charge in [-0.3, -0.25) is 15.1 Å². The molecule has 41 heavy (non-hydrogen) atoms. The summed E-state index contributed by atoms with van der Waals surface area (Å²) < 4.78 is 6.49. The van der Waals surface area contributed by atoms with Crippen molar-refractivity contribution in [3.05, 3.63) is 135 Å². The van der Waals surface area contributed by atoms with Gasteiger partial charge >= 0.3 is 0 Å². The maximum absolute atomic E-state index is 11.0. The number of anilines is 1. The predicted octanol–water partition coefficient (Wildman–Crippen LogP) is 8.54. The maximum atomic E-state index is 11.0. The summed E-state index contributed by atoms with van der Waals surface area (Å²) in [5.41, 5.74) is 3.71. The average molecular weight is 599 g/mol. The summed E-state index contributed by atoms with van der Waals surface area (Å²) in [7, 11) is 0. The highest BCUT2D eigenvalue weighted by molar-refractivity contribution is 7.99. The molecular formula is C31H23ClN4O3S2. The number of hydrogen-bond acceptors (Lipinski definition) is 6. The van der Waals surface area contributed by atoms with Gasteiger partial charge in [0.1, 0.15) is 17.6 Å². The van der Waals surface area contributed by atoms with Gasteiger partial charge in [-0.1, -0.05) is 41.6 Å². The molecule has 204 valence electrons. The fourth-order valence-corrected chi connectivity index (χ4v) is 6.24. The molecule has 1 aliphatic rings. The summed E-state index contributed by atoms with van der Waals surface area (Å²) in [5.74, 6) is 1.47. The zero-order valence-corrected chi connectivity index (χ0v) is 24.1. The number of nitro groups is 1. The molecule has 7 nitrogen and oxygen atoms in total.